The normalized spacial score (nSPS) is 10.3. The molecular formula is C13H18ClNO3. The van der Waals surface area contributed by atoms with Gasteiger partial charge in [0, 0.05) is 18.7 Å². The molecular weight excluding hydrogens is 254 g/mol. The highest BCUT2D eigenvalue weighted by atomic mass is 35.5. The summed E-state index contributed by atoms with van der Waals surface area (Å²) in [5, 5.41) is 4.00. The van der Waals surface area contributed by atoms with Crippen molar-refractivity contribution in [3.05, 3.63) is 34.9 Å². The van der Waals surface area contributed by atoms with E-state index in [9.17, 15) is 4.79 Å². The summed E-state index contributed by atoms with van der Waals surface area (Å²) in [6.45, 7) is 1.89. The molecule has 0 aromatic heterocycles. The van der Waals surface area contributed by atoms with E-state index in [1.807, 2.05) is 24.3 Å². The van der Waals surface area contributed by atoms with Crippen molar-refractivity contribution in [1.29, 1.82) is 0 Å². The van der Waals surface area contributed by atoms with E-state index < -0.39 is 0 Å². The third kappa shape index (κ3) is 6.00. The van der Waals surface area contributed by atoms with Gasteiger partial charge in [0.2, 0.25) is 0 Å². The van der Waals surface area contributed by atoms with Crippen LogP contribution in [0.2, 0.25) is 5.02 Å². The van der Waals surface area contributed by atoms with Gasteiger partial charge in [-0.25, -0.2) is 4.79 Å². The van der Waals surface area contributed by atoms with Crippen LogP contribution >= 0.6 is 11.6 Å². The van der Waals surface area contributed by atoms with E-state index in [2.05, 4.69) is 10.1 Å². The number of benzene rings is 1. The van der Waals surface area contributed by atoms with Crippen molar-refractivity contribution in [2.24, 2.45) is 0 Å². The summed E-state index contributed by atoms with van der Waals surface area (Å²) in [6.07, 6.45) is 0.764. The van der Waals surface area contributed by atoms with E-state index in [0.717, 1.165) is 23.6 Å². The molecule has 0 saturated heterocycles. The minimum absolute atomic E-state index is 0.00700. The SMILES string of the molecule is COCC(=O)OCCCNCc1ccccc1Cl. The van der Waals surface area contributed by atoms with Gasteiger partial charge in [0.05, 0.1) is 6.61 Å². The summed E-state index contributed by atoms with van der Waals surface area (Å²) in [6, 6.07) is 7.70. The molecule has 0 saturated carbocycles. The number of hydrogen-bond donors (Lipinski definition) is 1. The summed E-state index contributed by atoms with van der Waals surface area (Å²) < 4.78 is 9.58. The van der Waals surface area contributed by atoms with Crippen LogP contribution in [-0.4, -0.2) is 32.8 Å². The van der Waals surface area contributed by atoms with Gasteiger partial charge in [-0.2, -0.15) is 0 Å². The first-order chi connectivity index (χ1) is 8.74. The predicted octanol–water partition coefficient (Wildman–Crippen LogP) is 2.01. The molecule has 0 unspecified atom stereocenters. The molecule has 1 rings (SSSR count). The molecule has 0 aliphatic carbocycles. The van der Waals surface area contributed by atoms with E-state index in [1.54, 1.807) is 0 Å². The van der Waals surface area contributed by atoms with Gasteiger partial charge in [0.15, 0.2) is 0 Å². The number of esters is 1. The van der Waals surface area contributed by atoms with Crippen molar-refractivity contribution in [1.82, 2.24) is 5.32 Å². The first-order valence-corrected chi connectivity index (χ1v) is 6.20. The van der Waals surface area contributed by atoms with Crippen molar-refractivity contribution in [3.8, 4) is 0 Å². The summed E-state index contributed by atoms with van der Waals surface area (Å²) in [7, 11) is 1.46. The van der Waals surface area contributed by atoms with Crippen molar-refractivity contribution in [2.45, 2.75) is 13.0 Å². The molecule has 0 aliphatic rings. The fraction of sp³-hybridized carbons (Fsp3) is 0.462. The van der Waals surface area contributed by atoms with Gasteiger partial charge in [-0.05, 0) is 24.6 Å². The molecule has 0 atom stereocenters. The third-order valence-electron chi connectivity index (χ3n) is 2.30. The molecule has 0 aliphatic heterocycles. The van der Waals surface area contributed by atoms with Crippen molar-refractivity contribution in [3.63, 3.8) is 0 Å². The van der Waals surface area contributed by atoms with E-state index in [-0.39, 0.29) is 12.6 Å². The Morgan fingerprint density at radius 3 is 2.89 bits per heavy atom. The second kappa shape index (κ2) is 8.91. The Labute approximate surface area is 112 Å². The Hall–Kier alpha value is -1.10. The second-order valence-corrected chi connectivity index (χ2v) is 4.18. The standard InChI is InChI=1S/C13H18ClNO3/c1-17-10-13(16)18-8-4-7-15-9-11-5-2-3-6-12(11)14/h2-3,5-6,15H,4,7-10H2,1H3. The van der Waals surface area contributed by atoms with Crippen LogP contribution in [0, 0.1) is 0 Å². The predicted molar refractivity (Wildman–Crippen MR) is 70.6 cm³/mol. The van der Waals surface area contributed by atoms with Crippen LogP contribution in [0.3, 0.4) is 0 Å². The van der Waals surface area contributed by atoms with E-state index in [0.29, 0.717) is 13.2 Å². The quantitative estimate of drug-likeness (QED) is 0.580. The molecule has 18 heavy (non-hydrogen) atoms. The number of halogens is 1. The molecule has 0 heterocycles. The maximum Gasteiger partial charge on any atom is 0.332 e. The van der Waals surface area contributed by atoms with Crippen LogP contribution < -0.4 is 5.32 Å². The van der Waals surface area contributed by atoms with Gasteiger partial charge in [-0.3, -0.25) is 0 Å². The smallest absolute Gasteiger partial charge is 0.332 e. The first-order valence-electron chi connectivity index (χ1n) is 5.82. The summed E-state index contributed by atoms with van der Waals surface area (Å²) in [5.41, 5.74) is 1.07. The average Bonchev–Trinajstić information content (AvgIpc) is 2.36. The molecule has 0 amide bonds. The number of carbonyl (C=O) groups is 1. The van der Waals surface area contributed by atoms with Crippen LogP contribution in [0.4, 0.5) is 0 Å². The van der Waals surface area contributed by atoms with Gasteiger partial charge in [-0.15, -0.1) is 0 Å². The Morgan fingerprint density at radius 2 is 2.17 bits per heavy atom. The maximum atomic E-state index is 11.0. The molecule has 0 radical (unpaired) electrons. The van der Waals surface area contributed by atoms with Crippen LogP contribution in [0.25, 0.3) is 0 Å². The third-order valence-corrected chi connectivity index (χ3v) is 2.67. The van der Waals surface area contributed by atoms with Crippen LogP contribution in [0.1, 0.15) is 12.0 Å². The Kier molecular flexibility index (Phi) is 7.41. The van der Waals surface area contributed by atoms with Crippen molar-refractivity contribution < 1.29 is 14.3 Å². The number of carbonyl (C=O) groups excluding carboxylic acids is 1. The van der Waals surface area contributed by atoms with Crippen LogP contribution in [0.5, 0.6) is 0 Å². The summed E-state index contributed by atoms with van der Waals surface area (Å²) in [4.78, 5) is 11.0. The summed E-state index contributed by atoms with van der Waals surface area (Å²) in [5.74, 6) is -0.330. The number of nitrogens with one attached hydrogen (secondary N) is 1. The minimum atomic E-state index is -0.330. The highest BCUT2D eigenvalue weighted by molar-refractivity contribution is 6.31. The van der Waals surface area contributed by atoms with Gasteiger partial charge >= 0.3 is 5.97 Å². The minimum Gasteiger partial charge on any atom is -0.464 e. The molecule has 1 N–H and O–H groups in total. The monoisotopic (exact) mass is 271 g/mol. The Bertz CT molecular complexity index is 371. The zero-order chi connectivity index (χ0) is 13.2. The molecule has 0 spiro atoms. The van der Waals surface area contributed by atoms with E-state index in [4.69, 9.17) is 16.3 Å². The highest BCUT2D eigenvalue weighted by Gasteiger charge is 2.01. The number of rotatable bonds is 8. The first kappa shape index (κ1) is 15.0. The number of methoxy groups -OCH3 is 1. The Balaban J connectivity index is 2.06. The Morgan fingerprint density at radius 1 is 1.39 bits per heavy atom. The van der Waals surface area contributed by atoms with Gasteiger partial charge in [0.25, 0.3) is 0 Å². The number of ether oxygens (including phenoxy) is 2. The van der Waals surface area contributed by atoms with Crippen molar-refractivity contribution in [2.75, 3.05) is 26.9 Å². The summed E-state index contributed by atoms with van der Waals surface area (Å²) >= 11 is 6.02. The number of hydrogen-bond acceptors (Lipinski definition) is 4. The van der Waals surface area contributed by atoms with E-state index >= 15 is 0 Å². The van der Waals surface area contributed by atoms with E-state index in [1.165, 1.54) is 7.11 Å². The van der Waals surface area contributed by atoms with Crippen molar-refractivity contribution >= 4 is 17.6 Å². The second-order valence-electron chi connectivity index (χ2n) is 3.78. The van der Waals surface area contributed by atoms with Gasteiger partial charge in [-0.1, -0.05) is 29.8 Å². The molecule has 0 fully saturated rings. The lowest BCUT2D eigenvalue weighted by molar-refractivity contribution is -0.147. The average molecular weight is 272 g/mol. The fourth-order valence-corrected chi connectivity index (χ4v) is 1.61. The zero-order valence-electron chi connectivity index (χ0n) is 10.4. The molecule has 0 bridgehead atoms. The van der Waals surface area contributed by atoms with Crippen LogP contribution in [0.15, 0.2) is 24.3 Å². The molecule has 5 heteroatoms. The molecule has 100 valence electrons. The molecule has 4 nitrogen and oxygen atoms in total. The maximum absolute atomic E-state index is 11.0. The lowest BCUT2D eigenvalue weighted by Crippen LogP contribution is -2.18. The fourth-order valence-electron chi connectivity index (χ4n) is 1.41. The lowest BCUT2D eigenvalue weighted by Gasteiger charge is -2.07. The zero-order valence-corrected chi connectivity index (χ0v) is 11.2. The van der Waals surface area contributed by atoms with Crippen LogP contribution in [-0.2, 0) is 20.8 Å². The largest absolute Gasteiger partial charge is 0.464 e. The highest BCUT2D eigenvalue weighted by Crippen LogP contribution is 2.13. The van der Waals surface area contributed by atoms with Gasteiger partial charge in [0.1, 0.15) is 6.61 Å². The lowest BCUT2D eigenvalue weighted by atomic mass is 10.2. The molecule has 1 aromatic carbocycles. The molecule has 1 aromatic rings. The van der Waals surface area contributed by atoms with Gasteiger partial charge < -0.3 is 14.8 Å². The topological polar surface area (TPSA) is 47.6 Å².